The molecule has 0 unspecified atom stereocenters. The molecule has 1 fully saturated rings. The summed E-state index contributed by atoms with van der Waals surface area (Å²) in [4.78, 5) is 14.8. The van der Waals surface area contributed by atoms with Gasteiger partial charge in [-0.2, -0.15) is 4.52 Å². The summed E-state index contributed by atoms with van der Waals surface area (Å²) >= 11 is 0. The summed E-state index contributed by atoms with van der Waals surface area (Å²) in [6.07, 6.45) is 2.36. The number of hydrogen-bond donors (Lipinski definition) is 1. The number of aryl methyl sites for hydroxylation is 1. The molecule has 0 saturated carbocycles. The molecule has 1 saturated heterocycles. The first-order valence-electron chi connectivity index (χ1n) is 10.5. The van der Waals surface area contributed by atoms with Crippen LogP contribution in [0, 0.1) is 12.8 Å². The van der Waals surface area contributed by atoms with Crippen LogP contribution in [0.15, 0.2) is 30.3 Å². The van der Waals surface area contributed by atoms with E-state index in [4.69, 9.17) is 9.47 Å². The highest BCUT2D eigenvalue weighted by Crippen LogP contribution is 2.27. The van der Waals surface area contributed by atoms with E-state index in [1.807, 2.05) is 37.3 Å². The lowest BCUT2D eigenvalue weighted by Crippen LogP contribution is -2.41. The van der Waals surface area contributed by atoms with Gasteiger partial charge in [0.25, 0.3) is 0 Å². The van der Waals surface area contributed by atoms with Crippen molar-refractivity contribution in [3.05, 3.63) is 41.7 Å². The molecule has 3 aromatic rings. The Morgan fingerprint density at radius 3 is 2.61 bits per heavy atom. The first kappa shape index (κ1) is 20.9. The predicted molar refractivity (Wildman–Crippen MR) is 117 cm³/mol. The fraction of sp³-hybridized carbons (Fsp3) is 0.455. The minimum absolute atomic E-state index is 0.0297. The summed E-state index contributed by atoms with van der Waals surface area (Å²) in [5.41, 5.74) is 1.84. The average Bonchev–Trinajstić information content (AvgIpc) is 3.19. The standard InChI is InChI=1S/C22H28N6O3/c1-15-24-25-20-6-7-21(26-28(15)20)27-12-9-17(10-13-27)22(29)23-11-8-16-4-5-18(30-2)19(14-16)31-3/h4-7,14,17H,8-13H2,1-3H3,(H,23,29). The zero-order chi connectivity index (χ0) is 21.8. The number of nitrogens with zero attached hydrogens (tertiary/aromatic N) is 5. The van der Waals surface area contributed by atoms with Crippen LogP contribution in [0.4, 0.5) is 5.82 Å². The number of benzene rings is 1. The van der Waals surface area contributed by atoms with Gasteiger partial charge in [0.05, 0.1) is 14.2 Å². The number of fused-ring (bicyclic) bond motifs is 1. The number of rotatable bonds is 7. The zero-order valence-corrected chi connectivity index (χ0v) is 18.2. The number of hydrogen-bond acceptors (Lipinski definition) is 7. The third kappa shape index (κ3) is 4.55. The van der Waals surface area contributed by atoms with Crippen molar-refractivity contribution >= 4 is 17.4 Å². The van der Waals surface area contributed by atoms with Gasteiger partial charge in [0.2, 0.25) is 5.91 Å². The van der Waals surface area contributed by atoms with Crippen molar-refractivity contribution in [1.29, 1.82) is 0 Å². The van der Waals surface area contributed by atoms with Gasteiger partial charge < -0.3 is 19.7 Å². The van der Waals surface area contributed by atoms with Gasteiger partial charge in [-0.1, -0.05) is 6.07 Å². The summed E-state index contributed by atoms with van der Waals surface area (Å²) in [6, 6.07) is 9.72. The molecule has 1 N–H and O–H groups in total. The molecule has 0 radical (unpaired) electrons. The second-order valence-electron chi connectivity index (χ2n) is 7.70. The van der Waals surface area contributed by atoms with Crippen LogP contribution in [0.25, 0.3) is 5.65 Å². The van der Waals surface area contributed by atoms with Crippen molar-refractivity contribution in [2.75, 3.05) is 38.8 Å². The van der Waals surface area contributed by atoms with Crippen LogP contribution >= 0.6 is 0 Å². The molecule has 0 aliphatic carbocycles. The Kier molecular flexibility index (Phi) is 6.20. The number of aromatic nitrogens is 4. The third-order valence-corrected chi connectivity index (χ3v) is 5.76. The van der Waals surface area contributed by atoms with Gasteiger partial charge in [-0.25, -0.2) is 0 Å². The minimum atomic E-state index is 0.0297. The van der Waals surface area contributed by atoms with E-state index >= 15 is 0 Å². The predicted octanol–water partition coefficient (Wildman–Crippen LogP) is 2.03. The quantitative estimate of drug-likeness (QED) is 0.620. The molecule has 1 aromatic carbocycles. The van der Waals surface area contributed by atoms with E-state index in [0.717, 1.165) is 55.2 Å². The molecule has 0 spiro atoms. The fourth-order valence-corrected chi connectivity index (χ4v) is 3.94. The molecule has 2 aromatic heterocycles. The summed E-state index contributed by atoms with van der Waals surface area (Å²) in [5, 5.41) is 15.8. The van der Waals surface area contributed by atoms with E-state index in [-0.39, 0.29) is 11.8 Å². The van der Waals surface area contributed by atoms with Gasteiger partial charge in [-0.05, 0) is 56.0 Å². The molecular formula is C22H28N6O3. The van der Waals surface area contributed by atoms with Crippen LogP contribution < -0.4 is 19.7 Å². The molecule has 3 heterocycles. The van der Waals surface area contributed by atoms with Crippen molar-refractivity contribution in [3.8, 4) is 11.5 Å². The highest BCUT2D eigenvalue weighted by molar-refractivity contribution is 5.79. The SMILES string of the molecule is COc1ccc(CCNC(=O)C2CCN(c3ccc4nnc(C)n4n3)CC2)cc1OC. The summed E-state index contributed by atoms with van der Waals surface area (Å²) in [7, 11) is 3.24. The molecule has 31 heavy (non-hydrogen) atoms. The first-order valence-corrected chi connectivity index (χ1v) is 10.5. The molecule has 1 aliphatic heterocycles. The summed E-state index contributed by atoms with van der Waals surface area (Å²) in [5.74, 6) is 3.21. The molecule has 1 aliphatic rings. The highest BCUT2D eigenvalue weighted by Gasteiger charge is 2.25. The normalized spacial score (nSPS) is 14.6. The molecule has 164 valence electrons. The van der Waals surface area contributed by atoms with Gasteiger partial charge in [0.1, 0.15) is 5.82 Å². The maximum atomic E-state index is 12.6. The molecule has 0 atom stereocenters. The minimum Gasteiger partial charge on any atom is -0.493 e. The van der Waals surface area contributed by atoms with Crippen molar-refractivity contribution in [2.45, 2.75) is 26.2 Å². The van der Waals surface area contributed by atoms with E-state index in [1.165, 1.54) is 0 Å². The maximum Gasteiger partial charge on any atom is 0.223 e. The van der Waals surface area contributed by atoms with E-state index in [1.54, 1.807) is 18.7 Å². The number of nitrogens with one attached hydrogen (secondary N) is 1. The number of amides is 1. The molecule has 0 bridgehead atoms. The van der Waals surface area contributed by atoms with E-state index in [9.17, 15) is 4.79 Å². The lowest BCUT2D eigenvalue weighted by Gasteiger charge is -2.32. The van der Waals surface area contributed by atoms with Gasteiger partial charge in [-0.3, -0.25) is 4.79 Å². The monoisotopic (exact) mass is 424 g/mol. The second kappa shape index (κ2) is 9.20. The lowest BCUT2D eigenvalue weighted by molar-refractivity contribution is -0.125. The van der Waals surface area contributed by atoms with Crippen molar-refractivity contribution in [2.24, 2.45) is 5.92 Å². The van der Waals surface area contributed by atoms with Crippen LogP contribution in [0.1, 0.15) is 24.2 Å². The Hall–Kier alpha value is -3.36. The number of anilines is 1. The number of carbonyl (C=O) groups excluding carboxylic acids is 1. The zero-order valence-electron chi connectivity index (χ0n) is 18.2. The summed E-state index contributed by atoms with van der Waals surface area (Å²) < 4.78 is 12.4. The molecule has 4 rings (SSSR count). The maximum absolute atomic E-state index is 12.6. The van der Waals surface area contributed by atoms with Crippen LogP contribution in [0.2, 0.25) is 0 Å². The topological polar surface area (TPSA) is 93.9 Å². The van der Waals surface area contributed by atoms with Gasteiger partial charge in [-0.15, -0.1) is 15.3 Å². The van der Waals surface area contributed by atoms with Gasteiger partial charge >= 0.3 is 0 Å². The van der Waals surface area contributed by atoms with Gasteiger partial charge in [0, 0.05) is 25.6 Å². The van der Waals surface area contributed by atoms with Crippen molar-refractivity contribution in [1.82, 2.24) is 25.1 Å². The Morgan fingerprint density at radius 2 is 1.87 bits per heavy atom. The van der Waals surface area contributed by atoms with Crippen LogP contribution in [0.5, 0.6) is 11.5 Å². The van der Waals surface area contributed by atoms with Crippen molar-refractivity contribution in [3.63, 3.8) is 0 Å². The Labute approximate surface area is 181 Å². The smallest absolute Gasteiger partial charge is 0.223 e. The van der Waals surface area contributed by atoms with E-state index < -0.39 is 0 Å². The third-order valence-electron chi connectivity index (χ3n) is 5.76. The largest absolute Gasteiger partial charge is 0.493 e. The number of piperidine rings is 1. The number of methoxy groups -OCH3 is 2. The Morgan fingerprint density at radius 1 is 1.10 bits per heavy atom. The van der Waals surface area contributed by atoms with Gasteiger partial charge in [0.15, 0.2) is 23.0 Å². The first-order chi connectivity index (χ1) is 15.1. The fourth-order valence-electron chi connectivity index (χ4n) is 3.94. The van der Waals surface area contributed by atoms with E-state index in [2.05, 4.69) is 25.5 Å². The lowest BCUT2D eigenvalue weighted by atomic mass is 9.96. The highest BCUT2D eigenvalue weighted by atomic mass is 16.5. The van der Waals surface area contributed by atoms with Crippen LogP contribution in [-0.4, -0.2) is 59.6 Å². The molecule has 1 amide bonds. The van der Waals surface area contributed by atoms with E-state index in [0.29, 0.717) is 18.0 Å². The number of ether oxygens (including phenoxy) is 2. The van der Waals surface area contributed by atoms with Crippen LogP contribution in [-0.2, 0) is 11.2 Å². The Balaban J connectivity index is 1.27. The number of carbonyl (C=O) groups is 1. The molecular weight excluding hydrogens is 396 g/mol. The van der Waals surface area contributed by atoms with Crippen molar-refractivity contribution < 1.29 is 14.3 Å². The summed E-state index contributed by atoms with van der Waals surface area (Å²) in [6.45, 7) is 4.08. The Bertz CT molecular complexity index is 1060. The second-order valence-corrected chi connectivity index (χ2v) is 7.70. The molecule has 9 nitrogen and oxygen atoms in total. The average molecular weight is 425 g/mol. The molecule has 9 heteroatoms. The van der Waals surface area contributed by atoms with Crippen LogP contribution in [0.3, 0.4) is 0 Å².